The molecule has 158 valence electrons. The maximum Gasteiger partial charge on any atom is 0.309 e. The zero-order valence-corrected chi connectivity index (χ0v) is 19.6. The van der Waals surface area contributed by atoms with Crippen LogP contribution in [0.25, 0.3) is 0 Å². The number of piperidine rings is 1. The van der Waals surface area contributed by atoms with Crippen molar-refractivity contribution in [1.29, 1.82) is 0 Å². The van der Waals surface area contributed by atoms with Gasteiger partial charge in [0.25, 0.3) is 0 Å². The van der Waals surface area contributed by atoms with Gasteiger partial charge in [0.2, 0.25) is 0 Å². The molecule has 6 nitrogen and oxygen atoms in total. The monoisotopic (exact) mass is 503 g/mol. The van der Waals surface area contributed by atoms with Crippen molar-refractivity contribution in [2.24, 2.45) is 10.9 Å². The minimum absolute atomic E-state index is 0. The Bertz CT molecular complexity index is 617. The highest BCUT2D eigenvalue weighted by molar-refractivity contribution is 14.0. The average molecular weight is 503 g/mol. The van der Waals surface area contributed by atoms with Crippen LogP contribution in [0.5, 0.6) is 5.75 Å². The number of hydrogen-bond donors (Lipinski definition) is 1. The first-order chi connectivity index (χ1) is 13.2. The van der Waals surface area contributed by atoms with Gasteiger partial charge in [0.05, 0.1) is 19.6 Å². The summed E-state index contributed by atoms with van der Waals surface area (Å²) in [5.41, 5.74) is 1.27. The van der Waals surface area contributed by atoms with Crippen molar-refractivity contribution in [2.75, 3.05) is 39.9 Å². The predicted molar refractivity (Wildman–Crippen MR) is 124 cm³/mol. The minimum atomic E-state index is -0.0580. The number of aryl methyl sites for hydroxylation is 1. The lowest BCUT2D eigenvalue weighted by Crippen LogP contribution is -2.46. The standard InChI is InChI=1S/C21H33N3O3.HI/c1-4-22-21(24-14-11-18(12-15-24)20(25)27-5-2)23-13-7-9-17-8-6-10-19(16-17)26-3;/h6,8,10,16,18H,4-5,7,9,11-15H2,1-3H3,(H,22,23);1H. The number of hydrogen-bond acceptors (Lipinski definition) is 4. The fourth-order valence-corrected chi connectivity index (χ4v) is 3.31. The normalized spacial score (nSPS) is 15.0. The highest BCUT2D eigenvalue weighted by atomic mass is 127. The molecule has 0 saturated carbocycles. The highest BCUT2D eigenvalue weighted by Crippen LogP contribution is 2.19. The smallest absolute Gasteiger partial charge is 0.309 e. The number of esters is 1. The number of nitrogens with one attached hydrogen (secondary N) is 1. The Kier molecular flexibility index (Phi) is 11.9. The molecule has 0 radical (unpaired) electrons. The highest BCUT2D eigenvalue weighted by Gasteiger charge is 2.27. The molecule has 1 aromatic rings. The van der Waals surface area contributed by atoms with Gasteiger partial charge in [-0.25, -0.2) is 0 Å². The van der Waals surface area contributed by atoms with Crippen molar-refractivity contribution in [1.82, 2.24) is 10.2 Å². The van der Waals surface area contributed by atoms with E-state index in [0.717, 1.165) is 63.6 Å². The average Bonchev–Trinajstić information content (AvgIpc) is 2.71. The van der Waals surface area contributed by atoms with E-state index in [-0.39, 0.29) is 35.9 Å². The molecule has 1 aliphatic rings. The Labute approximate surface area is 186 Å². The number of guanidine groups is 1. The lowest BCUT2D eigenvalue weighted by molar-refractivity contribution is -0.149. The molecule has 0 atom stereocenters. The Morgan fingerprint density at radius 1 is 1.29 bits per heavy atom. The van der Waals surface area contributed by atoms with Gasteiger partial charge in [-0.3, -0.25) is 9.79 Å². The van der Waals surface area contributed by atoms with Gasteiger partial charge in [0.1, 0.15) is 5.75 Å². The van der Waals surface area contributed by atoms with Crippen LogP contribution < -0.4 is 10.1 Å². The van der Waals surface area contributed by atoms with Crippen LogP contribution >= 0.6 is 24.0 Å². The van der Waals surface area contributed by atoms with Gasteiger partial charge >= 0.3 is 5.97 Å². The summed E-state index contributed by atoms with van der Waals surface area (Å²) in [6.07, 6.45) is 3.62. The molecular weight excluding hydrogens is 469 g/mol. The number of halogens is 1. The molecule has 1 fully saturated rings. The van der Waals surface area contributed by atoms with Gasteiger partial charge in [-0.1, -0.05) is 12.1 Å². The van der Waals surface area contributed by atoms with Crippen molar-refractivity contribution < 1.29 is 14.3 Å². The topological polar surface area (TPSA) is 63.2 Å². The van der Waals surface area contributed by atoms with Gasteiger partial charge in [-0.15, -0.1) is 24.0 Å². The first kappa shape index (κ1) is 24.5. The van der Waals surface area contributed by atoms with Crippen LogP contribution in [0.4, 0.5) is 0 Å². The summed E-state index contributed by atoms with van der Waals surface area (Å²) in [6, 6.07) is 8.19. The quantitative estimate of drug-likeness (QED) is 0.194. The number of likely N-dealkylation sites (tertiary alicyclic amines) is 1. The van der Waals surface area contributed by atoms with Crippen LogP contribution in [0.2, 0.25) is 0 Å². The van der Waals surface area contributed by atoms with Crippen molar-refractivity contribution >= 4 is 35.9 Å². The largest absolute Gasteiger partial charge is 0.497 e. The zero-order valence-electron chi connectivity index (χ0n) is 17.3. The molecule has 0 aliphatic carbocycles. The first-order valence-corrected chi connectivity index (χ1v) is 10.0. The number of methoxy groups -OCH3 is 1. The second kappa shape index (κ2) is 13.6. The van der Waals surface area contributed by atoms with Crippen LogP contribution in [-0.4, -0.2) is 56.7 Å². The van der Waals surface area contributed by atoms with Gasteiger partial charge in [-0.2, -0.15) is 0 Å². The number of carbonyl (C=O) groups is 1. The van der Waals surface area contributed by atoms with E-state index in [4.69, 9.17) is 14.5 Å². The van der Waals surface area contributed by atoms with Crippen molar-refractivity contribution in [2.45, 2.75) is 39.5 Å². The number of carbonyl (C=O) groups excluding carboxylic acids is 1. The van der Waals surface area contributed by atoms with E-state index in [1.807, 2.05) is 19.1 Å². The summed E-state index contributed by atoms with van der Waals surface area (Å²) < 4.78 is 10.4. The molecule has 0 amide bonds. The van der Waals surface area contributed by atoms with Crippen LogP contribution in [0.1, 0.15) is 38.7 Å². The van der Waals surface area contributed by atoms with E-state index < -0.39 is 0 Å². The predicted octanol–water partition coefficient (Wildman–Crippen LogP) is 3.49. The van der Waals surface area contributed by atoms with Gasteiger partial charge < -0.3 is 19.7 Å². The summed E-state index contributed by atoms with van der Waals surface area (Å²) in [7, 11) is 1.69. The van der Waals surface area contributed by atoms with Crippen molar-refractivity contribution in [3.05, 3.63) is 29.8 Å². The molecule has 1 aromatic carbocycles. The van der Waals surface area contributed by atoms with E-state index in [2.05, 4.69) is 29.3 Å². The van der Waals surface area contributed by atoms with Crippen LogP contribution in [0, 0.1) is 5.92 Å². The van der Waals surface area contributed by atoms with E-state index >= 15 is 0 Å². The number of rotatable bonds is 8. The molecule has 2 rings (SSSR count). The van der Waals surface area contributed by atoms with Crippen molar-refractivity contribution in [3.8, 4) is 5.75 Å². The second-order valence-corrected chi connectivity index (χ2v) is 6.70. The third-order valence-corrected chi connectivity index (χ3v) is 4.77. The molecule has 0 bridgehead atoms. The number of benzene rings is 1. The number of aliphatic imine (C=N–C) groups is 1. The molecule has 7 heteroatoms. The Balaban J connectivity index is 0.00000392. The summed E-state index contributed by atoms with van der Waals surface area (Å²) in [6.45, 7) is 7.68. The molecule has 0 spiro atoms. The second-order valence-electron chi connectivity index (χ2n) is 6.70. The van der Waals surface area contributed by atoms with E-state index in [9.17, 15) is 4.79 Å². The summed E-state index contributed by atoms with van der Waals surface area (Å²) in [5.74, 6) is 1.81. The van der Waals surface area contributed by atoms with Gasteiger partial charge in [-0.05, 0) is 57.2 Å². The SMILES string of the molecule is CCNC(=NCCCc1cccc(OC)c1)N1CCC(C(=O)OCC)CC1.I. The summed E-state index contributed by atoms with van der Waals surface area (Å²) in [5, 5.41) is 3.38. The minimum Gasteiger partial charge on any atom is -0.497 e. The third-order valence-electron chi connectivity index (χ3n) is 4.77. The molecule has 0 aromatic heterocycles. The van der Waals surface area contributed by atoms with Crippen molar-refractivity contribution in [3.63, 3.8) is 0 Å². The molecular formula is C21H34IN3O3. The van der Waals surface area contributed by atoms with Crippen LogP contribution in [0.15, 0.2) is 29.3 Å². The molecule has 1 aliphatic heterocycles. The number of nitrogens with zero attached hydrogens (tertiary/aromatic N) is 2. The van der Waals surface area contributed by atoms with E-state index in [1.165, 1.54) is 5.56 Å². The maximum atomic E-state index is 11.9. The molecule has 0 unspecified atom stereocenters. The maximum absolute atomic E-state index is 11.9. The Morgan fingerprint density at radius 3 is 2.68 bits per heavy atom. The fourth-order valence-electron chi connectivity index (χ4n) is 3.31. The van der Waals surface area contributed by atoms with Gasteiger partial charge in [0, 0.05) is 26.2 Å². The van der Waals surface area contributed by atoms with Gasteiger partial charge in [0.15, 0.2) is 5.96 Å². The zero-order chi connectivity index (χ0) is 19.5. The molecule has 28 heavy (non-hydrogen) atoms. The molecule has 1 heterocycles. The lowest BCUT2D eigenvalue weighted by atomic mass is 9.97. The Morgan fingerprint density at radius 2 is 2.04 bits per heavy atom. The fraction of sp³-hybridized carbons (Fsp3) is 0.619. The van der Waals surface area contributed by atoms with E-state index in [1.54, 1.807) is 7.11 Å². The number of ether oxygens (including phenoxy) is 2. The third kappa shape index (κ3) is 7.85. The summed E-state index contributed by atoms with van der Waals surface area (Å²) >= 11 is 0. The van der Waals surface area contributed by atoms with E-state index in [0.29, 0.717) is 6.61 Å². The van der Waals surface area contributed by atoms with Crippen LogP contribution in [-0.2, 0) is 16.0 Å². The first-order valence-electron chi connectivity index (χ1n) is 10.0. The molecule has 1 saturated heterocycles. The summed E-state index contributed by atoms with van der Waals surface area (Å²) in [4.78, 5) is 18.9. The lowest BCUT2D eigenvalue weighted by Gasteiger charge is -2.33. The molecule has 1 N–H and O–H groups in total. The Hall–Kier alpha value is -1.51. The van der Waals surface area contributed by atoms with Crippen LogP contribution in [0.3, 0.4) is 0 Å².